The average molecular weight is 611 g/mol. The lowest BCUT2D eigenvalue weighted by Crippen LogP contribution is -2.57. The maximum Gasteiger partial charge on any atom is 0.308 e. The SMILES string of the molecule is Cc1nc2c(c(=O)n1CCOC1CCC(Cl)CC1C1CC(C)NC3C(C(=O)O)CSC13)C[C@@H](N1CC[C@@H](F)C1)CC2. The number of nitrogens with zero attached hydrogens (tertiary/aromatic N) is 3. The Labute approximate surface area is 251 Å². The second-order valence-electron chi connectivity index (χ2n) is 13.0. The molecule has 2 aliphatic carbocycles. The molecule has 0 radical (unpaired) electrons. The van der Waals surface area contributed by atoms with Crippen molar-refractivity contribution in [3.8, 4) is 0 Å². The van der Waals surface area contributed by atoms with Gasteiger partial charge in [-0.15, -0.1) is 11.6 Å². The van der Waals surface area contributed by atoms with Gasteiger partial charge in [0.2, 0.25) is 0 Å². The highest BCUT2D eigenvalue weighted by atomic mass is 35.5. The first kappa shape index (κ1) is 29.9. The third-order valence-corrected chi connectivity index (χ3v) is 12.4. The normalized spacial score (nSPS) is 39.4. The van der Waals surface area contributed by atoms with Crippen LogP contribution < -0.4 is 10.9 Å². The van der Waals surface area contributed by atoms with Crippen LogP contribution in [-0.4, -0.2) is 92.0 Å². The molecule has 10 atom stereocenters. The van der Waals surface area contributed by atoms with Crippen LogP contribution in [0.15, 0.2) is 4.79 Å². The van der Waals surface area contributed by atoms with E-state index in [2.05, 4.69) is 17.1 Å². The maximum atomic E-state index is 13.8. The van der Waals surface area contributed by atoms with Gasteiger partial charge in [0.05, 0.1) is 30.9 Å². The number of fused-ring (bicyclic) bond motifs is 2. The summed E-state index contributed by atoms with van der Waals surface area (Å²) in [5.74, 6) is 0.902. The number of piperidine rings is 1. The van der Waals surface area contributed by atoms with Crippen molar-refractivity contribution in [1.29, 1.82) is 0 Å². The van der Waals surface area contributed by atoms with E-state index in [4.69, 9.17) is 21.3 Å². The molecule has 4 heterocycles. The zero-order chi connectivity index (χ0) is 28.8. The lowest BCUT2D eigenvalue weighted by molar-refractivity contribution is -0.142. The van der Waals surface area contributed by atoms with Crippen LogP contribution in [0.25, 0.3) is 0 Å². The number of alkyl halides is 2. The molecule has 8 nitrogen and oxygen atoms in total. The Morgan fingerprint density at radius 1 is 1.24 bits per heavy atom. The van der Waals surface area contributed by atoms with E-state index < -0.39 is 12.1 Å². The van der Waals surface area contributed by atoms with Crippen molar-refractivity contribution < 1.29 is 19.0 Å². The second-order valence-corrected chi connectivity index (χ2v) is 14.9. The van der Waals surface area contributed by atoms with Gasteiger partial charge in [-0.25, -0.2) is 9.37 Å². The summed E-state index contributed by atoms with van der Waals surface area (Å²) in [6.45, 7) is 6.17. The fraction of sp³-hybridized carbons (Fsp3) is 0.833. The molecular weight excluding hydrogens is 567 g/mol. The number of halogens is 2. The van der Waals surface area contributed by atoms with Crippen molar-refractivity contribution in [2.24, 2.45) is 17.8 Å². The van der Waals surface area contributed by atoms with Gasteiger partial charge < -0.3 is 15.2 Å². The van der Waals surface area contributed by atoms with Crippen molar-refractivity contribution in [3.05, 3.63) is 27.4 Å². The Kier molecular flexibility index (Phi) is 9.05. The molecule has 2 N–H and O–H groups in total. The van der Waals surface area contributed by atoms with Gasteiger partial charge in [-0.3, -0.25) is 19.1 Å². The Balaban J connectivity index is 1.14. The summed E-state index contributed by atoms with van der Waals surface area (Å²) < 4.78 is 22.2. The van der Waals surface area contributed by atoms with E-state index in [0.29, 0.717) is 44.2 Å². The molecule has 11 heteroatoms. The Hall–Kier alpha value is -1.20. The van der Waals surface area contributed by atoms with Crippen molar-refractivity contribution >= 4 is 29.3 Å². The van der Waals surface area contributed by atoms with E-state index >= 15 is 0 Å². The molecule has 6 rings (SSSR count). The maximum absolute atomic E-state index is 13.8. The van der Waals surface area contributed by atoms with E-state index in [0.717, 1.165) is 62.2 Å². The number of ether oxygens (including phenoxy) is 1. The highest BCUT2D eigenvalue weighted by molar-refractivity contribution is 8.00. The summed E-state index contributed by atoms with van der Waals surface area (Å²) in [7, 11) is 0. The van der Waals surface area contributed by atoms with E-state index in [1.165, 1.54) is 0 Å². The molecule has 0 amide bonds. The predicted molar refractivity (Wildman–Crippen MR) is 159 cm³/mol. The number of thioether (sulfide) groups is 1. The van der Waals surface area contributed by atoms with Gasteiger partial charge in [0.1, 0.15) is 12.0 Å². The third kappa shape index (κ3) is 6.10. The van der Waals surface area contributed by atoms with Crippen LogP contribution >= 0.6 is 23.4 Å². The summed E-state index contributed by atoms with van der Waals surface area (Å²) in [6.07, 6.45) is 5.84. The molecule has 5 aliphatic rings. The van der Waals surface area contributed by atoms with Gasteiger partial charge in [-0.2, -0.15) is 11.8 Å². The molecule has 0 aromatic carbocycles. The third-order valence-electron chi connectivity index (χ3n) is 10.4. The minimum absolute atomic E-state index is 0.0226. The summed E-state index contributed by atoms with van der Waals surface area (Å²) in [6, 6.07) is 0.439. The summed E-state index contributed by atoms with van der Waals surface area (Å²) >= 11 is 8.51. The molecule has 1 aromatic heterocycles. The minimum atomic E-state index is -0.760. The first-order valence-corrected chi connectivity index (χ1v) is 17.0. The van der Waals surface area contributed by atoms with E-state index in [9.17, 15) is 19.1 Å². The molecule has 1 aromatic rings. The minimum Gasteiger partial charge on any atom is -0.481 e. The summed E-state index contributed by atoms with van der Waals surface area (Å²) in [5.41, 5.74) is 1.71. The second kappa shape index (κ2) is 12.4. The van der Waals surface area contributed by atoms with Gasteiger partial charge in [0.15, 0.2) is 0 Å². The number of hydrogen-bond acceptors (Lipinski definition) is 7. The van der Waals surface area contributed by atoms with E-state index in [-0.39, 0.29) is 52.3 Å². The Morgan fingerprint density at radius 3 is 2.83 bits per heavy atom. The molecule has 228 valence electrons. The molecule has 8 unspecified atom stereocenters. The number of carboxylic acids is 1. The standard InChI is InChI=1S/C30H44ClFN4O4S/c1-16-11-22(28-27(33-16)24(15-41-28)30(38)39)21-12-18(31)3-6-26(21)40-10-9-36-17(2)34-25-5-4-20(13-23(25)29(36)37)35-8-7-19(32)14-35/h16,18-22,24,26-28,33H,3-15H2,1-2H3,(H,38,39)/t16?,18?,19-,20+,21?,22?,24?,26?,27?,28?/m1/s1. The van der Waals surface area contributed by atoms with Gasteiger partial charge in [-0.05, 0) is 77.0 Å². The number of rotatable bonds is 7. The topological polar surface area (TPSA) is 96.7 Å². The fourth-order valence-corrected chi connectivity index (χ4v) is 10.5. The molecule has 3 saturated heterocycles. The lowest BCUT2D eigenvalue weighted by atomic mass is 9.70. The molecule has 4 fully saturated rings. The monoisotopic (exact) mass is 610 g/mol. The van der Waals surface area contributed by atoms with Crippen LogP contribution in [0.4, 0.5) is 4.39 Å². The number of carboxylic acid groups (broad SMARTS) is 1. The zero-order valence-corrected chi connectivity index (χ0v) is 25.7. The number of aryl methyl sites for hydroxylation is 2. The van der Waals surface area contributed by atoms with Gasteiger partial charge >= 0.3 is 5.97 Å². The van der Waals surface area contributed by atoms with Crippen LogP contribution in [0.1, 0.15) is 62.5 Å². The van der Waals surface area contributed by atoms with Gasteiger partial charge in [0.25, 0.3) is 5.56 Å². The Bertz CT molecular complexity index is 1190. The quantitative estimate of drug-likeness (QED) is 0.454. The van der Waals surface area contributed by atoms with E-state index in [1.54, 1.807) is 16.3 Å². The molecule has 0 bridgehead atoms. The smallest absolute Gasteiger partial charge is 0.308 e. The van der Waals surface area contributed by atoms with Gasteiger partial charge in [0, 0.05) is 53.2 Å². The summed E-state index contributed by atoms with van der Waals surface area (Å²) in [4.78, 5) is 32.6. The van der Waals surface area contributed by atoms with Crippen molar-refractivity contribution in [1.82, 2.24) is 19.8 Å². The lowest BCUT2D eigenvalue weighted by Gasteiger charge is -2.47. The molecule has 41 heavy (non-hydrogen) atoms. The summed E-state index contributed by atoms with van der Waals surface area (Å²) in [5, 5.41) is 13.7. The molecule has 0 spiro atoms. The van der Waals surface area contributed by atoms with Crippen LogP contribution in [0.5, 0.6) is 0 Å². The number of carbonyl (C=O) groups is 1. The van der Waals surface area contributed by atoms with Crippen LogP contribution in [0, 0.1) is 24.7 Å². The number of aromatic nitrogens is 2. The van der Waals surface area contributed by atoms with Crippen LogP contribution in [0.3, 0.4) is 0 Å². The average Bonchev–Trinajstić information content (AvgIpc) is 3.57. The van der Waals surface area contributed by atoms with Crippen molar-refractivity contribution in [2.75, 3.05) is 25.4 Å². The number of likely N-dealkylation sites (tertiary alicyclic amines) is 1. The number of nitrogens with one attached hydrogen (secondary N) is 1. The first-order valence-electron chi connectivity index (χ1n) is 15.5. The van der Waals surface area contributed by atoms with Crippen LogP contribution in [-0.2, 0) is 28.9 Å². The largest absolute Gasteiger partial charge is 0.481 e. The van der Waals surface area contributed by atoms with Gasteiger partial charge in [-0.1, -0.05) is 0 Å². The highest BCUT2D eigenvalue weighted by Gasteiger charge is 2.51. The molecular formula is C30H44ClFN4O4S. The molecule has 3 aliphatic heterocycles. The first-order chi connectivity index (χ1) is 19.7. The zero-order valence-electron chi connectivity index (χ0n) is 24.1. The fourth-order valence-electron chi connectivity index (χ4n) is 8.37. The van der Waals surface area contributed by atoms with Crippen LogP contribution in [0.2, 0.25) is 0 Å². The number of aliphatic carboxylic acids is 1. The van der Waals surface area contributed by atoms with E-state index in [1.807, 2.05) is 6.92 Å². The van der Waals surface area contributed by atoms with Crippen molar-refractivity contribution in [2.45, 2.75) is 113 Å². The van der Waals surface area contributed by atoms with Crippen molar-refractivity contribution in [3.63, 3.8) is 0 Å². The highest BCUT2D eigenvalue weighted by Crippen LogP contribution is 2.48. The Morgan fingerprint density at radius 2 is 2.07 bits per heavy atom. The predicted octanol–water partition coefficient (Wildman–Crippen LogP) is 3.43. The number of hydrogen-bond donors (Lipinski definition) is 2. The molecule has 1 saturated carbocycles.